The summed E-state index contributed by atoms with van der Waals surface area (Å²) in [6.07, 6.45) is 0. The molecule has 0 aliphatic rings. The first kappa shape index (κ1) is 10.4. The smallest absolute Gasteiger partial charge is 0.225 e. The molecule has 0 aliphatic carbocycles. The number of anilines is 1. The Morgan fingerprint density at radius 1 is 1.27 bits per heavy atom. The molecule has 6 heteroatoms. The van der Waals surface area contributed by atoms with Crippen LogP contribution < -0.4 is 5.32 Å². The Hall–Kier alpha value is -1.13. The van der Waals surface area contributed by atoms with Gasteiger partial charge in [-0.25, -0.2) is 14.4 Å². The Balaban J connectivity index is 2.89. The lowest BCUT2D eigenvalue weighted by atomic mass is 10.2. The maximum absolute atomic E-state index is 13.5. The van der Waals surface area contributed by atoms with Gasteiger partial charge in [0.15, 0.2) is 5.82 Å². The van der Waals surface area contributed by atoms with Gasteiger partial charge >= 0.3 is 0 Å². The van der Waals surface area contributed by atoms with Gasteiger partial charge in [0.1, 0.15) is 11.3 Å². The predicted molar refractivity (Wildman–Crippen MR) is 59.1 cm³/mol. The Bertz CT molecular complexity index is 530. The van der Waals surface area contributed by atoms with E-state index >= 15 is 0 Å². The van der Waals surface area contributed by atoms with Crippen molar-refractivity contribution in [2.45, 2.75) is 0 Å². The van der Waals surface area contributed by atoms with Crippen molar-refractivity contribution in [1.29, 1.82) is 0 Å². The second-order valence-electron chi connectivity index (χ2n) is 2.88. The van der Waals surface area contributed by atoms with Crippen molar-refractivity contribution in [2.24, 2.45) is 0 Å². The van der Waals surface area contributed by atoms with E-state index in [0.29, 0.717) is 16.2 Å². The van der Waals surface area contributed by atoms with E-state index in [0.717, 1.165) is 0 Å². The summed E-state index contributed by atoms with van der Waals surface area (Å²) in [5, 5.41) is 3.60. The van der Waals surface area contributed by atoms with E-state index in [9.17, 15) is 4.39 Å². The fourth-order valence-corrected chi connectivity index (χ4v) is 1.69. The van der Waals surface area contributed by atoms with Crippen molar-refractivity contribution >= 4 is 39.9 Å². The zero-order valence-electron chi connectivity index (χ0n) is 7.68. The lowest BCUT2D eigenvalue weighted by Crippen LogP contribution is -1.97. The van der Waals surface area contributed by atoms with Gasteiger partial charge < -0.3 is 5.32 Å². The molecule has 2 rings (SSSR count). The highest BCUT2D eigenvalue weighted by atomic mass is 35.5. The molecule has 2 aromatic rings. The number of aromatic nitrogens is 2. The first-order valence-corrected chi connectivity index (χ1v) is 4.87. The van der Waals surface area contributed by atoms with Gasteiger partial charge in [-0.1, -0.05) is 11.6 Å². The molecule has 0 bridgehead atoms. The molecule has 0 unspecified atom stereocenters. The van der Waals surface area contributed by atoms with E-state index in [1.807, 2.05) is 0 Å². The molecule has 1 N–H and O–H groups in total. The number of nitrogens with zero attached hydrogens (tertiary/aromatic N) is 2. The van der Waals surface area contributed by atoms with Gasteiger partial charge in [-0.3, -0.25) is 0 Å². The summed E-state index contributed by atoms with van der Waals surface area (Å²) >= 11 is 11.4. The molecule has 0 saturated carbocycles. The largest absolute Gasteiger partial charge is 0.372 e. The fraction of sp³-hybridized carbons (Fsp3) is 0.111. The highest BCUT2D eigenvalue weighted by molar-refractivity contribution is 6.31. The molecule has 1 heterocycles. The summed E-state index contributed by atoms with van der Waals surface area (Å²) < 4.78 is 13.5. The fourth-order valence-electron chi connectivity index (χ4n) is 1.32. The van der Waals surface area contributed by atoms with Gasteiger partial charge in [0.25, 0.3) is 0 Å². The van der Waals surface area contributed by atoms with Gasteiger partial charge in [-0.2, -0.15) is 0 Å². The number of halogens is 3. The van der Waals surface area contributed by atoms with E-state index in [1.165, 1.54) is 6.07 Å². The van der Waals surface area contributed by atoms with E-state index < -0.39 is 5.82 Å². The van der Waals surface area contributed by atoms with Crippen LogP contribution in [0.5, 0.6) is 0 Å². The number of hydrogen-bond acceptors (Lipinski definition) is 3. The van der Waals surface area contributed by atoms with Crippen LogP contribution in [0.25, 0.3) is 10.9 Å². The monoisotopic (exact) mass is 245 g/mol. The molecule has 0 spiro atoms. The average molecular weight is 246 g/mol. The normalized spacial score (nSPS) is 10.7. The maximum atomic E-state index is 13.5. The SMILES string of the molecule is CNc1nc(Cl)nc2c(F)cc(Cl)cc12. The van der Waals surface area contributed by atoms with E-state index in [-0.39, 0.29) is 10.8 Å². The Labute approximate surface area is 95.2 Å². The third kappa shape index (κ3) is 1.82. The van der Waals surface area contributed by atoms with Gasteiger partial charge in [0.2, 0.25) is 5.28 Å². The van der Waals surface area contributed by atoms with Crippen LogP contribution in [0.15, 0.2) is 12.1 Å². The predicted octanol–water partition coefficient (Wildman–Crippen LogP) is 3.12. The Morgan fingerprint density at radius 2 is 2.00 bits per heavy atom. The maximum Gasteiger partial charge on any atom is 0.225 e. The Morgan fingerprint density at radius 3 is 2.67 bits per heavy atom. The second kappa shape index (κ2) is 3.79. The van der Waals surface area contributed by atoms with E-state index in [4.69, 9.17) is 23.2 Å². The molecule has 0 fully saturated rings. The van der Waals surface area contributed by atoms with Crippen LogP contribution >= 0.6 is 23.2 Å². The van der Waals surface area contributed by atoms with Crippen LogP contribution in [-0.4, -0.2) is 17.0 Å². The van der Waals surface area contributed by atoms with Gasteiger partial charge in [-0.05, 0) is 23.7 Å². The minimum Gasteiger partial charge on any atom is -0.372 e. The van der Waals surface area contributed by atoms with E-state index in [1.54, 1.807) is 13.1 Å². The minimum atomic E-state index is -0.515. The van der Waals surface area contributed by atoms with Crippen molar-refractivity contribution in [3.63, 3.8) is 0 Å². The van der Waals surface area contributed by atoms with Crippen LogP contribution in [0.4, 0.5) is 10.2 Å². The molecular formula is C9H6Cl2FN3. The molecule has 1 aromatic heterocycles. The van der Waals surface area contributed by atoms with Gasteiger partial charge in [0.05, 0.1) is 0 Å². The summed E-state index contributed by atoms with van der Waals surface area (Å²) in [4.78, 5) is 7.73. The highest BCUT2D eigenvalue weighted by Gasteiger charge is 2.10. The van der Waals surface area contributed by atoms with Crippen molar-refractivity contribution < 1.29 is 4.39 Å². The number of rotatable bonds is 1. The Kier molecular flexibility index (Phi) is 2.63. The molecule has 0 radical (unpaired) electrons. The molecule has 0 atom stereocenters. The summed E-state index contributed by atoms with van der Waals surface area (Å²) in [6, 6.07) is 2.77. The summed E-state index contributed by atoms with van der Waals surface area (Å²) in [6.45, 7) is 0. The van der Waals surface area contributed by atoms with E-state index in [2.05, 4.69) is 15.3 Å². The lowest BCUT2D eigenvalue weighted by Gasteiger charge is -2.06. The third-order valence-electron chi connectivity index (χ3n) is 1.93. The second-order valence-corrected chi connectivity index (χ2v) is 3.65. The first-order valence-electron chi connectivity index (χ1n) is 4.12. The number of benzene rings is 1. The number of fused-ring (bicyclic) bond motifs is 1. The van der Waals surface area contributed by atoms with Crippen LogP contribution in [0.2, 0.25) is 10.3 Å². The number of nitrogens with one attached hydrogen (secondary N) is 1. The van der Waals surface area contributed by atoms with Crippen molar-refractivity contribution in [3.8, 4) is 0 Å². The topological polar surface area (TPSA) is 37.8 Å². The highest BCUT2D eigenvalue weighted by Crippen LogP contribution is 2.27. The third-order valence-corrected chi connectivity index (χ3v) is 2.32. The average Bonchev–Trinajstić information content (AvgIpc) is 2.18. The van der Waals surface area contributed by atoms with Crippen LogP contribution in [-0.2, 0) is 0 Å². The van der Waals surface area contributed by atoms with Crippen LogP contribution in [0.3, 0.4) is 0 Å². The molecule has 78 valence electrons. The van der Waals surface area contributed by atoms with Crippen molar-refractivity contribution in [1.82, 2.24) is 9.97 Å². The zero-order valence-corrected chi connectivity index (χ0v) is 9.19. The minimum absolute atomic E-state index is 0.00641. The van der Waals surface area contributed by atoms with Crippen LogP contribution in [0, 0.1) is 5.82 Å². The lowest BCUT2D eigenvalue weighted by molar-refractivity contribution is 0.636. The standard InChI is InChI=1S/C9H6Cl2FN3/c1-13-8-5-2-4(10)3-6(12)7(5)14-9(11)15-8/h2-3H,1H3,(H,13,14,15). The number of hydrogen-bond donors (Lipinski definition) is 1. The molecule has 1 aromatic carbocycles. The zero-order chi connectivity index (χ0) is 11.0. The summed E-state index contributed by atoms with van der Waals surface area (Å²) in [5.74, 6) is -0.0651. The van der Waals surface area contributed by atoms with Gasteiger partial charge in [0, 0.05) is 17.5 Å². The quantitative estimate of drug-likeness (QED) is 0.785. The van der Waals surface area contributed by atoms with Crippen molar-refractivity contribution in [3.05, 3.63) is 28.3 Å². The molecule has 0 saturated heterocycles. The first-order chi connectivity index (χ1) is 7.11. The molecular weight excluding hydrogens is 240 g/mol. The molecule has 3 nitrogen and oxygen atoms in total. The molecule has 0 amide bonds. The molecule has 15 heavy (non-hydrogen) atoms. The van der Waals surface area contributed by atoms with Crippen molar-refractivity contribution in [2.75, 3.05) is 12.4 Å². The molecule has 0 aliphatic heterocycles. The van der Waals surface area contributed by atoms with Gasteiger partial charge in [-0.15, -0.1) is 0 Å². The summed E-state index contributed by atoms with van der Waals surface area (Å²) in [5.41, 5.74) is 0.156. The summed E-state index contributed by atoms with van der Waals surface area (Å²) in [7, 11) is 1.66. The van der Waals surface area contributed by atoms with Crippen LogP contribution in [0.1, 0.15) is 0 Å².